The van der Waals surface area contributed by atoms with Crippen molar-refractivity contribution in [1.82, 2.24) is 15.3 Å². The number of hydrogen-bond acceptors (Lipinski definition) is 3. The summed E-state index contributed by atoms with van der Waals surface area (Å²) < 4.78 is 0. The fourth-order valence-corrected chi connectivity index (χ4v) is 2.65. The smallest absolute Gasteiger partial charge is 0.224 e. The van der Waals surface area contributed by atoms with Crippen LogP contribution in [-0.4, -0.2) is 28.0 Å². The summed E-state index contributed by atoms with van der Waals surface area (Å²) in [4.78, 5) is 19.3. The van der Waals surface area contributed by atoms with E-state index in [0.717, 1.165) is 37.9 Å². The number of H-pyrrole nitrogens is 1. The summed E-state index contributed by atoms with van der Waals surface area (Å²) in [7, 11) is 0. The maximum absolute atomic E-state index is 12.1. The number of aromatic amines is 1. The topological polar surface area (TPSA) is 83.8 Å². The number of imidazole rings is 1. The molecule has 0 radical (unpaired) electrons. The van der Waals surface area contributed by atoms with Gasteiger partial charge in [-0.1, -0.05) is 12.8 Å². The Morgan fingerprint density at radius 3 is 3.17 bits per heavy atom. The van der Waals surface area contributed by atoms with Gasteiger partial charge in [0, 0.05) is 30.9 Å². The maximum atomic E-state index is 12.1. The fraction of sp³-hybridized carbons (Fsp3) is 0.692. The molecule has 1 fully saturated rings. The number of hydrogen-bond donors (Lipinski definition) is 3. The summed E-state index contributed by atoms with van der Waals surface area (Å²) in [5, 5.41) is 2.97. The third-order valence-electron chi connectivity index (χ3n) is 3.79. The van der Waals surface area contributed by atoms with Gasteiger partial charge in [-0.15, -0.1) is 0 Å². The van der Waals surface area contributed by atoms with Crippen molar-refractivity contribution in [1.29, 1.82) is 0 Å². The van der Waals surface area contributed by atoms with Crippen molar-refractivity contribution < 1.29 is 4.79 Å². The molecule has 18 heavy (non-hydrogen) atoms. The van der Waals surface area contributed by atoms with Gasteiger partial charge in [-0.2, -0.15) is 0 Å². The summed E-state index contributed by atoms with van der Waals surface area (Å²) >= 11 is 0. The zero-order valence-corrected chi connectivity index (χ0v) is 10.9. The standard InChI is InChI=1S/C13H22N4O/c1-13(14)6-3-2-4-10(13)12(18)17-7-5-11-15-8-9-16-11/h8-10H,2-7,14H2,1H3,(H,15,16)(H,17,18). The average Bonchev–Trinajstić information content (AvgIpc) is 2.81. The highest BCUT2D eigenvalue weighted by Crippen LogP contribution is 2.31. The molecule has 2 atom stereocenters. The molecule has 1 aliphatic carbocycles. The van der Waals surface area contributed by atoms with Crippen molar-refractivity contribution in [2.24, 2.45) is 11.7 Å². The lowest BCUT2D eigenvalue weighted by atomic mass is 9.74. The molecule has 1 amide bonds. The molecule has 0 aliphatic heterocycles. The van der Waals surface area contributed by atoms with Gasteiger partial charge in [0.2, 0.25) is 5.91 Å². The van der Waals surface area contributed by atoms with E-state index < -0.39 is 0 Å². The molecule has 5 nitrogen and oxygen atoms in total. The SMILES string of the molecule is CC1(N)CCCCC1C(=O)NCCc1ncc[nH]1. The van der Waals surface area contributed by atoms with Crippen molar-refractivity contribution in [3.05, 3.63) is 18.2 Å². The molecule has 1 aromatic rings. The Kier molecular flexibility index (Phi) is 4.01. The van der Waals surface area contributed by atoms with Crippen LogP contribution in [0, 0.1) is 5.92 Å². The van der Waals surface area contributed by atoms with Gasteiger partial charge in [-0.25, -0.2) is 4.98 Å². The molecule has 1 saturated carbocycles. The normalized spacial score (nSPS) is 28.0. The second-order valence-electron chi connectivity index (χ2n) is 5.38. The quantitative estimate of drug-likeness (QED) is 0.744. The Balaban J connectivity index is 1.80. The monoisotopic (exact) mass is 250 g/mol. The van der Waals surface area contributed by atoms with Crippen LogP contribution < -0.4 is 11.1 Å². The van der Waals surface area contributed by atoms with Crippen molar-refractivity contribution in [3.63, 3.8) is 0 Å². The van der Waals surface area contributed by atoms with Crippen LogP contribution in [0.3, 0.4) is 0 Å². The number of carbonyl (C=O) groups excluding carboxylic acids is 1. The van der Waals surface area contributed by atoms with Crippen LogP contribution >= 0.6 is 0 Å². The number of carbonyl (C=O) groups is 1. The molecule has 2 rings (SSSR count). The van der Waals surface area contributed by atoms with Crippen LogP contribution in [0.2, 0.25) is 0 Å². The Bertz CT molecular complexity index is 386. The second kappa shape index (κ2) is 5.52. The van der Waals surface area contributed by atoms with Crippen LogP contribution in [-0.2, 0) is 11.2 Å². The van der Waals surface area contributed by atoms with Gasteiger partial charge in [0.05, 0.1) is 5.92 Å². The van der Waals surface area contributed by atoms with E-state index in [1.165, 1.54) is 0 Å². The highest BCUT2D eigenvalue weighted by molar-refractivity contribution is 5.80. The molecule has 1 aromatic heterocycles. The lowest BCUT2D eigenvalue weighted by Gasteiger charge is -2.37. The summed E-state index contributed by atoms with van der Waals surface area (Å²) in [6.45, 7) is 2.60. The summed E-state index contributed by atoms with van der Waals surface area (Å²) in [5.74, 6) is 0.934. The van der Waals surface area contributed by atoms with Gasteiger partial charge in [0.25, 0.3) is 0 Å². The average molecular weight is 250 g/mol. The summed E-state index contributed by atoms with van der Waals surface area (Å²) in [6.07, 6.45) is 8.30. The number of nitrogens with two attached hydrogens (primary N) is 1. The minimum atomic E-state index is -0.354. The van der Waals surface area contributed by atoms with Gasteiger partial charge in [-0.05, 0) is 19.8 Å². The molecule has 1 heterocycles. The largest absolute Gasteiger partial charge is 0.355 e. The van der Waals surface area contributed by atoms with E-state index in [0.29, 0.717) is 6.54 Å². The molecule has 100 valence electrons. The molecule has 1 aliphatic rings. The second-order valence-corrected chi connectivity index (χ2v) is 5.38. The predicted octanol–water partition coefficient (Wildman–Crippen LogP) is 0.976. The van der Waals surface area contributed by atoms with Crippen LogP contribution in [0.1, 0.15) is 38.4 Å². The van der Waals surface area contributed by atoms with Gasteiger partial charge >= 0.3 is 0 Å². The van der Waals surface area contributed by atoms with Crippen LogP contribution in [0.15, 0.2) is 12.4 Å². The van der Waals surface area contributed by atoms with Crippen molar-refractivity contribution >= 4 is 5.91 Å². The highest BCUT2D eigenvalue weighted by atomic mass is 16.1. The Labute approximate surface area is 108 Å². The Morgan fingerprint density at radius 1 is 1.67 bits per heavy atom. The number of nitrogens with one attached hydrogen (secondary N) is 2. The maximum Gasteiger partial charge on any atom is 0.224 e. The molecule has 0 bridgehead atoms. The van der Waals surface area contributed by atoms with Crippen LogP contribution in [0.25, 0.3) is 0 Å². The first kappa shape index (κ1) is 13.1. The minimum absolute atomic E-state index is 0.0529. The lowest BCUT2D eigenvalue weighted by Crippen LogP contribution is -2.53. The molecular formula is C13H22N4O. The van der Waals surface area contributed by atoms with Gasteiger partial charge in [0.15, 0.2) is 0 Å². The van der Waals surface area contributed by atoms with Gasteiger partial charge in [0.1, 0.15) is 5.82 Å². The Hall–Kier alpha value is -1.36. The zero-order valence-electron chi connectivity index (χ0n) is 10.9. The minimum Gasteiger partial charge on any atom is -0.355 e. The third kappa shape index (κ3) is 3.10. The lowest BCUT2D eigenvalue weighted by molar-refractivity contribution is -0.128. The van der Waals surface area contributed by atoms with E-state index in [1.54, 1.807) is 12.4 Å². The first-order valence-electron chi connectivity index (χ1n) is 6.64. The van der Waals surface area contributed by atoms with Crippen LogP contribution in [0.4, 0.5) is 0 Å². The third-order valence-corrected chi connectivity index (χ3v) is 3.79. The van der Waals surface area contributed by atoms with E-state index in [9.17, 15) is 4.79 Å². The van der Waals surface area contributed by atoms with E-state index in [4.69, 9.17) is 5.73 Å². The van der Waals surface area contributed by atoms with E-state index in [1.807, 2.05) is 6.92 Å². The Morgan fingerprint density at radius 2 is 2.50 bits per heavy atom. The summed E-state index contributed by atoms with van der Waals surface area (Å²) in [5.41, 5.74) is 5.86. The molecule has 4 N–H and O–H groups in total. The van der Waals surface area contributed by atoms with Crippen molar-refractivity contribution in [2.45, 2.75) is 44.6 Å². The van der Waals surface area contributed by atoms with Crippen molar-refractivity contribution in [3.8, 4) is 0 Å². The van der Waals surface area contributed by atoms with E-state index >= 15 is 0 Å². The molecule has 5 heteroatoms. The number of rotatable bonds is 4. The van der Waals surface area contributed by atoms with E-state index in [2.05, 4.69) is 15.3 Å². The van der Waals surface area contributed by atoms with Gasteiger partial charge < -0.3 is 16.0 Å². The zero-order chi connectivity index (χ0) is 13.0. The molecule has 0 aromatic carbocycles. The first-order chi connectivity index (χ1) is 8.59. The van der Waals surface area contributed by atoms with E-state index in [-0.39, 0.29) is 17.4 Å². The highest BCUT2D eigenvalue weighted by Gasteiger charge is 2.37. The van der Waals surface area contributed by atoms with Gasteiger partial charge in [-0.3, -0.25) is 4.79 Å². The summed E-state index contributed by atoms with van der Waals surface area (Å²) in [6, 6.07) is 0. The van der Waals surface area contributed by atoms with Crippen LogP contribution in [0.5, 0.6) is 0 Å². The number of nitrogens with zero attached hydrogens (tertiary/aromatic N) is 1. The first-order valence-corrected chi connectivity index (χ1v) is 6.64. The molecule has 2 unspecified atom stereocenters. The number of amides is 1. The molecule has 0 saturated heterocycles. The van der Waals surface area contributed by atoms with Crippen molar-refractivity contribution in [2.75, 3.05) is 6.54 Å². The number of aromatic nitrogens is 2. The predicted molar refractivity (Wildman–Crippen MR) is 69.9 cm³/mol. The molecule has 0 spiro atoms. The molecular weight excluding hydrogens is 228 g/mol. The fourth-order valence-electron chi connectivity index (χ4n) is 2.65.